The zero-order chi connectivity index (χ0) is 13.5. The van der Waals surface area contributed by atoms with E-state index in [1.165, 1.54) is 18.5 Å². The standard InChI is InChI=1S/C12H16N2O4/c1-8(18-2)3-4-11(15)14-10-5-9(12(16)17)6-13-7-10/h5-8H,3-4H2,1-2H3,(H,14,15)(H,16,17). The number of amides is 1. The van der Waals surface area contributed by atoms with Crippen LogP contribution in [0.2, 0.25) is 0 Å². The lowest BCUT2D eigenvalue weighted by molar-refractivity contribution is -0.116. The summed E-state index contributed by atoms with van der Waals surface area (Å²) < 4.78 is 5.03. The summed E-state index contributed by atoms with van der Waals surface area (Å²) in [7, 11) is 1.59. The van der Waals surface area contributed by atoms with Gasteiger partial charge in [-0.1, -0.05) is 0 Å². The third-order valence-corrected chi connectivity index (χ3v) is 2.45. The highest BCUT2D eigenvalue weighted by Crippen LogP contribution is 2.10. The predicted octanol–water partition coefficient (Wildman–Crippen LogP) is 1.53. The van der Waals surface area contributed by atoms with Gasteiger partial charge in [0.1, 0.15) is 0 Å². The number of aromatic carboxylic acids is 1. The van der Waals surface area contributed by atoms with Crippen LogP contribution in [-0.4, -0.2) is 35.2 Å². The van der Waals surface area contributed by atoms with Crippen molar-refractivity contribution in [1.29, 1.82) is 0 Å². The minimum Gasteiger partial charge on any atom is -0.478 e. The first-order valence-electron chi connectivity index (χ1n) is 5.54. The van der Waals surface area contributed by atoms with Gasteiger partial charge >= 0.3 is 5.97 Å². The Morgan fingerprint density at radius 1 is 1.50 bits per heavy atom. The van der Waals surface area contributed by atoms with Gasteiger partial charge in [0, 0.05) is 19.7 Å². The van der Waals surface area contributed by atoms with Gasteiger partial charge in [0.25, 0.3) is 0 Å². The van der Waals surface area contributed by atoms with Crippen LogP contribution in [0.25, 0.3) is 0 Å². The molecule has 0 aliphatic heterocycles. The van der Waals surface area contributed by atoms with Gasteiger partial charge in [-0.05, 0) is 19.4 Å². The smallest absolute Gasteiger partial charge is 0.337 e. The van der Waals surface area contributed by atoms with E-state index in [-0.39, 0.29) is 17.6 Å². The molecule has 0 bridgehead atoms. The number of hydrogen-bond donors (Lipinski definition) is 2. The van der Waals surface area contributed by atoms with E-state index in [1.807, 2.05) is 6.92 Å². The van der Waals surface area contributed by atoms with Crippen molar-refractivity contribution < 1.29 is 19.4 Å². The maximum Gasteiger partial charge on any atom is 0.337 e. The van der Waals surface area contributed by atoms with Gasteiger partial charge in [-0.3, -0.25) is 9.78 Å². The maximum atomic E-state index is 11.6. The molecule has 2 N–H and O–H groups in total. The number of rotatable bonds is 6. The third kappa shape index (κ3) is 4.50. The molecule has 1 amide bonds. The molecule has 0 radical (unpaired) electrons. The first-order chi connectivity index (χ1) is 8.52. The summed E-state index contributed by atoms with van der Waals surface area (Å²) in [5.41, 5.74) is 0.419. The second-order valence-electron chi connectivity index (χ2n) is 3.90. The average Bonchev–Trinajstić information content (AvgIpc) is 2.36. The van der Waals surface area contributed by atoms with Crippen molar-refractivity contribution in [3.8, 4) is 0 Å². The van der Waals surface area contributed by atoms with Crippen LogP contribution in [0.15, 0.2) is 18.5 Å². The Morgan fingerprint density at radius 2 is 2.22 bits per heavy atom. The number of carboxylic acid groups (broad SMARTS) is 1. The molecule has 0 fully saturated rings. The number of carbonyl (C=O) groups is 2. The van der Waals surface area contributed by atoms with E-state index in [2.05, 4.69) is 10.3 Å². The molecular weight excluding hydrogens is 236 g/mol. The number of nitrogens with zero attached hydrogens (tertiary/aromatic N) is 1. The fourth-order valence-electron chi connectivity index (χ4n) is 1.30. The van der Waals surface area contributed by atoms with E-state index in [0.29, 0.717) is 18.5 Å². The summed E-state index contributed by atoms with van der Waals surface area (Å²) in [6.45, 7) is 1.87. The minimum atomic E-state index is -1.08. The second kappa shape index (κ2) is 6.70. The molecule has 6 nitrogen and oxygen atoms in total. The number of methoxy groups -OCH3 is 1. The molecular formula is C12H16N2O4. The van der Waals surface area contributed by atoms with Crippen LogP contribution >= 0.6 is 0 Å². The molecule has 1 rings (SSSR count). The summed E-state index contributed by atoms with van der Waals surface area (Å²) in [4.78, 5) is 26.0. The number of carbonyl (C=O) groups excluding carboxylic acids is 1. The fourth-order valence-corrected chi connectivity index (χ4v) is 1.30. The molecule has 1 aromatic rings. The lowest BCUT2D eigenvalue weighted by Crippen LogP contribution is -2.15. The van der Waals surface area contributed by atoms with Crippen molar-refractivity contribution in [2.24, 2.45) is 0 Å². The number of anilines is 1. The molecule has 0 saturated heterocycles. The van der Waals surface area contributed by atoms with Crippen LogP contribution < -0.4 is 5.32 Å². The molecule has 98 valence electrons. The van der Waals surface area contributed by atoms with E-state index in [9.17, 15) is 9.59 Å². The van der Waals surface area contributed by atoms with E-state index in [0.717, 1.165) is 0 Å². The number of hydrogen-bond acceptors (Lipinski definition) is 4. The normalized spacial score (nSPS) is 11.9. The Balaban J connectivity index is 2.54. The van der Waals surface area contributed by atoms with Gasteiger partial charge < -0.3 is 15.2 Å². The van der Waals surface area contributed by atoms with E-state index >= 15 is 0 Å². The molecule has 1 aromatic heterocycles. The van der Waals surface area contributed by atoms with Crippen molar-refractivity contribution in [1.82, 2.24) is 4.98 Å². The maximum absolute atomic E-state index is 11.6. The van der Waals surface area contributed by atoms with Crippen molar-refractivity contribution >= 4 is 17.6 Å². The largest absolute Gasteiger partial charge is 0.478 e. The van der Waals surface area contributed by atoms with Crippen molar-refractivity contribution in [3.63, 3.8) is 0 Å². The summed E-state index contributed by atoms with van der Waals surface area (Å²) >= 11 is 0. The zero-order valence-electron chi connectivity index (χ0n) is 10.3. The molecule has 0 spiro atoms. The molecule has 0 aromatic carbocycles. The quantitative estimate of drug-likeness (QED) is 0.801. The van der Waals surface area contributed by atoms with Crippen LogP contribution in [-0.2, 0) is 9.53 Å². The fraction of sp³-hybridized carbons (Fsp3) is 0.417. The summed E-state index contributed by atoms with van der Waals surface area (Å²) in [6, 6.07) is 1.37. The Labute approximate surface area is 105 Å². The highest BCUT2D eigenvalue weighted by Gasteiger charge is 2.08. The monoisotopic (exact) mass is 252 g/mol. The lowest BCUT2D eigenvalue weighted by atomic mass is 10.2. The molecule has 1 unspecified atom stereocenters. The number of ether oxygens (including phenoxy) is 1. The molecule has 18 heavy (non-hydrogen) atoms. The Hall–Kier alpha value is -1.95. The second-order valence-corrected chi connectivity index (χ2v) is 3.90. The predicted molar refractivity (Wildman–Crippen MR) is 65.5 cm³/mol. The van der Waals surface area contributed by atoms with Crippen LogP contribution in [0.1, 0.15) is 30.1 Å². The molecule has 0 saturated carbocycles. The first kappa shape index (κ1) is 14.1. The van der Waals surface area contributed by atoms with Crippen molar-refractivity contribution in [2.75, 3.05) is 12.4 Å². The van der Waals surface area contributed by atoms with Crippen molar-refractivity contribution in [2.45, 2.75) is 25.9 Å². The highest BCUT2D eigenvalue weighted by molar-refractivity contribution is 5.93. The average molecular weight is 252 g/mol. The van der Waals surface area contributed by atoms with Crippen LogP contribution in [0.4, 0.5) is 5.69 Å². The van der Waals surface area contributed by atoms with Gasteiger partial charge in [0.15, 0.2) is 0 Å². The highest BCUT2D eigenvalue weighted by atomic mass is 16.5. The third-order valence-electron chi connectivity index (χ3n) is 2.45. The summed E-state index contributed by atoms with van der Waals surface area (Å²) in [5.74, 6) is -1.27. The summed E-state index contributed by atoms with van der Waals surface area (Å²) in [6.07, 6.45) is 3.56. The van der Waals surface area contributed by atoms with Gasteiger partial charge in [0.2, 0.25) is 5.91 Å². The summed E-state index contributed by atoms with van der Waals surface area (Å²) in [5, 5.41) is 11.4. The van der Waals surface area contributed by atoms with E-state index in [4.69, 9.17) is 9.84 Å². The Morgan fingerprint density at radius 3 is 2.83 bits per heavy atom. The molecule has 1 heterocycles. The van der Waals surface area contributed by atoms with Crippen molar-refractivity contribution in [3.05, 3.63) is 24.0 Å². The van der Waals surface area contributed by atoms with Gasteiger partial charge in [0.05, 0.1) is 23.6 Å². The zero-order valence-corrected chi connectivity index (χ0v) is 10.3. The topological polar surface area (TPSA) is 88.5 Å². The van der Waals surface area contributed by atoms with E-state index < -0.39 is 5.97 Å². The SMILES string of the molecule is COC(C)CCC(=O)Nc1cncc(C(=O)O)c1. The molecule has 6 heteroatoms. The van der Waals surface area contributed by atoms with Crippen LogP contribution in [0, 0.1) is 0 Å². The molecule has 0 aliphatic carbocycles. The number of pyridine rings is 1. The van der Waals surface area contributed by atoms with Gasteiger partial charge in [-0.25, -0.2) is 4.79 Å². The lowest BCUT2D eigenvalue weighted by Gasteiger charge is -2.09. The van der Waals surface area contributed by atoms with Crippen LogP contribution in [0.3, 0.4) is 0 Å². The Bertz CT molecular complexity index is 434. The first-order valence-corrected chi connectivity index (χ1v) is 5.54. The molecule has 1 atom stereocenters. The molecule has 0 aliphatic rings. The van der Waals surface area contributed by atoms with Gasteiger partial charge in [-0.2, -0.15) is 0 Å². The Kier molecular flexibility index (Phi) is 5.26. The van der Waals surface area contributed by atoms with Crippen LogP contribution in [0.5, 0.6) is 0 Å². The minimum absolute atomic E-state index is 0.0132. The van der Waals surface area contributed by atoms with E-state index in [1.54, 1.807) is 7.11 Å². The number of aromatic nitrogens is 1. The number of carboxylic acids is 1. The van der Waals surface area contributed by atoms with Gasteiger partial charge in [-0.15, -0.1) is 0 Å². The number of nitrogens with one attached hydrogen (secondary N) is 1.